The van der Waals surface area contributed by atoms with Gasteiger partial charge < -0.3 is 0 Å². The molecular formula is C25H22FNOS. The summed E-state index contributed by atoms with van der Waals surface area (Å²) in [6.45, 7) is 1.94. The molecule has 5 rings (SSSR count). The number of hydrogen-bond donors (Lipinski definition) is 0. The normalized spacial score (nSPS) is 22.7. The highest BCUT2D eigenvalue weighted by atomic mass is 32.2. The Bertz CT molecular complexity index is 1030. The first-order valence-electron chi connectivity index (χ1n) is 9.93. The lowest BCUT2D eigenvalue weighted by molar-refractivity contribution is -0.117. The van der Waals surface area contributed by atoms with Crippen LogP contribution in [0, 0.1) is 12.7 Å². The van der Waals surface area contributed by atoms with E-state index in [0.717, 1.165) is 11.3 Å². The van der Waals surface area contributed by atoms with E-state index >= 15 is 0 Å². The molecule has 0 aromatic heterocycles. The highest BCUT2D eigenvalue weighted by molar-refractivity contribution is 8.02. The minimum Gasteiger partial charge on any atom is -0.293 e. The summed E-state index contributed by atoms with van der Waals surface area (Å²) in [5.41, 5.74) is 3.33. The van der Waals surface area contributed by atoms with Crippen molar-refractivity contribution in [1.82, 2.24) is 0 Å². The van der Waals surface area contributed by atoms with Gasteiger partial charge in [0.1, 0.15) is 10.7 Å². The van der Waals surface area contributed by atoms with Gasteiger partial charge in [-0.25, -0.2) is 4.39 Å². The zero-order chi connectivity index (χ0) is 20.1. The molecular weight excluding hydrogens is 381 g/mol. The van der Waals surface area contributed by atoms with Crippen LogP contribution in [0.1, 0.15) is 29.5 Å². The number of hydrogen-bond acceptors (Lipinski definition) is 2. The van der Waals surface area contributed by atoms with E-state index in [9.17, 15) is 9.18 Å². The molecule has 146 valence electrons. The zero-order valence-corrected chi connectivity index (χ0v) is 17.1. The minimum absolute atomic E-state index is 0.00191. The molecule has 0 bridgehead atoms. The molecule has 0 unspecified atom stereocenters. The van der Waals surface area contributed by atoms with Crippen LogP contribution < -0.4 is 4.90 Å². The van der Waals surface area contributed by atoms with E-state index < -0.39 is 4.87 Å². The third-order valence-corrected chi connectivity index (χ3v) is 8.15. The topological polar surface area (TPSA) is 20.3 Å². The van der Waals surface area contributed by atoms with Gasteiger partial charge in [0.05, 0.1) is 11.1 Å². The maximum Gasteiger partial charge on any atom is 0.228 e. The van der Waals surface area contributed by atoms with E-state index in [-0.39, 0.29) is 17.1 Å². The molecule has 2 fully saturated rings. The second-order valence-electron chi connectivity index (χ2n) is 7.89. The van der Waals surface area contributed by atoms with Gasteiger partial charge in [0.15, 0.2) is 0 Å². The molecule has 1 spiro atoms. The Balaban J connectivity index is 1.76. The molecule has 2 aliphatic heterocycles. The number of thioether (sulfide) groups is 1. The summed E-state index contributed by atoms with van der Waals surface area (Å²) in [5.74, 6) is 0.517. The molecule has 2 saturated heterocycles. The van der Waals surface area contributed by atoms with Crippen molar-refractivity contribution in [2.24, 2.45) is 0 Å². The fraction of sp³-hybridized carbons (Fsp3) is 0.240. The molecule has 0 radical (unpaired) electrons. The molecule has 1 atom stereocenters. The van der Waals surface area contributed by atoms with Gasteiger partial charge in [-0.2, -0.15) is 0 Å². The Kier molecular flexibility index (Phi) is 4.28. The summed E-state index contributed by atoms with van der Waals surface area (Å²) in [6, 6.07) is 25.8. The molecule has 2 aliphatic rings. The summed E-state index contributed by atoms with van der Waals surface area (Å²) in [5, 5.41) is 0. The third-order valence-electron chi connectivity index (χ3n) is 6.36. The summed E-state index contributed by atoms with van der Waals surface area (Å²) < 4.78 is 15.0. The van der Waals surface area contributed by atoms with Crippen LogP contribution in [0.2, 0.25) is 0 Å². The van der Waals surface area contributed by atoms with Crippen LogP contribution in [0.25, 0.3) is 0 Å². The molecule has 0 saturated carbocycles. The Morgan fingerprint density at radius 1 is 0.931 bits per heavy atom. The Hall–Kier alpha value is -2.59. The van der Waals surface area contributed by atoms with E-state index in [1.54, 1.807) is 28.8 Å². The maximum atomic E-state index is 15.0. The lowest BCUT2D eigenvalue weighted by atomic mass is 9.68. The minimum atomic E-state index is -0.526. The molecule has 3 aromatic carbocycles. The van der Waals surface area contributed by atoms with Crippen molar-refractivity contribution >= 4 is 23.4 Å². The molecule has 0 aliphatic carbocycles. The lowest BCUT2D eigenvalue weighted by Gasteiger charge is -2.61. The standard InChI is InChI=1S/C25H22FNOS/c1-18-12-13-21(26)22(16-18)27-23(28)14-15-25(27)24(17-29-25,19-8-4-2-5-9-19)20-10-6-3-7-11-20/h2-13,16H,14-15,17H2,1H3/t25-/m0/s1. The van der Waals surface area contributed by atoms with Gasteiger partial charge in [-0.05, 0) is 42.2 Å². The van der Waals surface area contributed by atoms with E-state index in [0.29, 0.717) is 18.5 Å². The number of benzene rings is 3. The number of carbonyl (C=O) groups excluding carboxylic acids is 1. The molecule has 4 heteroatoms. The van der Waals surface area contributed by atoms with E-state index in [1.165, 1.54) is 17.2 Å². The number of carbonyl (C=O) groups is 1. The van der Waals surface area contributed by atoms with Crippen molar-refractivity contribution < 1.29 is 9.18 Å². The van der Waals surface area contributed by atoms with Crippen molar-refractivity contribution in [2.45, 2.75) is 30.1 Å². The number of amides is 1. The summed E-state index contributed by atoms with van der Waals surface area (Å²) >= 11 is 1.77. The molecule has 3 aromatic rings. The van der Waals surface area contributed by atoms with Gasteiger partial charge in [-0.1, -0.05) is 66.7 Å². The highest BCUT2D eigenvalue weighted by Gasteiger charge is 2.68. The van der Waals surface area contributed by atoms with E-state index in [4.69, 9.17) is 0 Å². The van der Waals surface area contributed by atoms with Gasteiger partial charge in [-0.3, -0.25) is 9.69 Å². The van der Waals surface area contributed by atoms with Crippen LogP contribution in [-0.4, -0.2) is 16.5 Å². The average Bonchev–Trinajstić information content (AvgIpc) is 3.10. The molecule has 2 nitrogen and oxygen atoms in total. The molecule has 2 heterocycles. The van der Waals surface area contributed by atoms with Crippen LogP contribution in [-0.2, 0) is 10.2 Å². The predicted octanol–water partition coefficient (Wildman–Crippen LogP) is 5.69. The number of aryl methyl sites for hydroxylation is 1. The fourth-order valence-electron chi connectivity index (χ4n) is 4.98. The lowest BCUT2D eigenvalue weighted by Crippen LogP contribution is -2.67. The first-order chi connectivity index (χ1) is 14.1. The Labute approximate surface area is 174 Å². The van der Waals surface area contributed by atoms with Gasteiger partial charge in [0.25, 0.3) is 0 Å². The van der Waals surface area contributed by atoms with Crippen molar-refractivity contribution in [3.63, 3.8) is 0 Å². The van der Waals surface area contributed by atoms with Gasteiger partial charge in [-0.15, -0.1) is 11.8 Å². The fourth-order valence-corrected chi connectivity index (χ4v) is 6.89. The van der Waals surface area contributed by atoms with Crippen LogP contribution in [0.15, 0.2) is 78.9 Å². The van der Waals surface area contributed by atoms with Crippen LogP contribution >= 0.6 is 11.8 Å². The van der Waals surface area contributed by atoms with Crippen molar-refractivity contribution in [2.75, 3.05) is 10.7 Å². The SMILES string of the molecule is Cc1ccc(F)c(N2C(=O)CC[C@@]23SCC3(c2ccccc2)c2ccccc2)c1. The van der Waals surface area contributed by atoms with Crippen molar-refractivity contribution in [1.29, 1.82) is 0 Å². The maximum absolute atomic E-state index is 15.0. The van der Waals surface area contributed by atoms with E-state index in [2.05, 4.69) is 24.3 Å². The smallest absolute Gasteiger partial charge is 0.228 e. The molecule has 29 heavy (non-hydrogen) atoms. The quantitative estimate of drug-likeness (QED) is 0.560. The monoisotopic (exact) mass is 403 g/mol. The van der Waals surface area contributed by atoms with Gasteiger partial charge >= 0.3 is 0 Å². The highest BCUT2D eigenvalue weighted by Crippen LogP contribution is 2.66. The number of nitrogens with zero attached hydrogens (tertiary/aromatic N) is 1. The Morgan fingerprint density at radius 3 is 2.10 bits per heavy atom. The summed E-state index contributed by atoms with van der Waals surface area (Å²) in [7, 11) is 0. The molecule has 0 N–H and O–H groups in total. The third kappa shape index (κ3) is 2.52. The average molecular weight is 404 g/mol. The van der Waals surface area contributed by atoms with Gasteiger partial charge in [0, 0.05) is 12.2 Å². The largest absolute Gasteiger partial charge is 0.293 e. The van der Waals surface area contributed by atoms with Crippen molar-refractivity contribution in [3.05, 3.63) is 101 Å². The Morgan fingerprint density at radius 2 is 1.55 bits per heavy atom. The zero-order valence-electron chi connectivity index (χ0n) is 16.3. The van der Waals surface area contributed by atoms with Crippen LogP contribution in [0.4, 0.5) is 10.1 Å². The second kappa shape index (κ2) is 6.74. The number of halogens is 1. The second-order valence-corrected chi connectivity index (χ2v) is 9.15. The number of rotatable bonds is 3. The van der Waals surface area contributed by atoms with E-state index in [1.807, 2.05) is 43.3 Å². The summed E-state index contributed by atoms with van der Waals surface area (Å²) in [6.07, 6.45) is 1.13. The molecule has 1 amide bonds. The van der Waals surface area contributed by atoms with Crippen LogP contribution in [0.3, 0.4) is 0 Å². The van der Waals surface area contributed by atoms with Crippen LogP contribution in [0.5, 0.6) is 0 Å². The first kappa shape index (κ1) is 18.4. The summed E-state index contributed by atoms with van der Waals surface area (Å²) in [4.78, 5) is 14.4. The first-order valence-corrected chi connectivity index (χ1v) is 10.9. The predicted molar refractivity (Wildman–Crippen MR) is 117 cm³/mol. The van der Waals surface area contributed by atoms with Gasteiger partial charge in [0.2, 0.25) is 5.91 Å². The van der Waals surface area contributed by atoms with Crippen molar-refractivity contribution in [3.8, 4) is 0 Å². The number of anilines is 1.